The quantitative estimate of drug-likeness (QED) is 0.660. The van der Waals surface area contributed by atoms with Crippen LogP contribution in [0.2, 0.25) is 0 Å². The monoisotopic (exact) mass is 270 g/mol. The second-order valence-electron chi connectivity index (χ2n) is 3.78. The number of hydrogen-bond acceptors (Lipinski definition) is 5. The van der Waals surface area contributed by atoms with Crippen molar-refractivity contribution in [2.45, 2.75) is 11.3 Å². The third-order valence-corrected chi connectivity index (χ3v) is 3.85. The summed E-state index contributed by atoms with van der Waals surface area (Å²) in [4.78, 5) is -0.0384. The van der Waals surface area contributed by atoms with Gasteiger partial charge in [-0.3, -0.25) is 9.78 Å². The third-order valence-electron chi connectivity index (χ3n) is 2.36. The minimum atomic E-state index is -3.61. The minimum absolute atomic E-state index is 0.0281. The fourth-order valence-corrected chi connectivity index (χ4v) is 2.54. The molecule has 9 heteroatoms. The molecule has 0 atom stereocenters. The van der Waals surface area contributed by atoms with Gasteiger partial charge < -0.3 is 5.73 Å². The molecule has 0 radical (unpaired) electrons. The molecule has 0 amide bonds. The summed E-state index contributed by atoms with van der Waals surface area (Å²) < 4.78 is 27.8. The maximum absolute atomic E-state index is 11.8. The van der Waals surface area contributed by atoms with Gasteiger partial charge in [-0.2, -0.15) is 10.2 Å². The van der Waals surface area contributed by atoms with Gasteiger partial charge in [0.2, 0.25) is 10.0 Å². The SMILES string of the molecule is Cn1ccc(CCNS(=O)(=O)c2cn[nH]c2N)n1. The van der Waals surface area contributed by atoms with Crippen LogP contribution < -0.4 is 10.5 Å². The van der Waals surface area contributed by atoms with Crippen molar-refractivity contribution >= 4 is 15.8 Å². The Bertz CT molecular complexity index is 629. The van der Waals surface area contributed by atoms with E-state index in [1.54, 1.807) is 17.9 Å². The minimum Gasteiger partial charge on any atom is -0.383 e. The molecule has 18 heavy (non-hydrogen) atoms. The van der Waals surface area contributed by atoms with Crippen molar-refractivity contribution in [1.29, 1.82) is 0 Å². The zero-order chi connectivity index (χ0) is 13.2. The molecule has 0 bridgehead atoms. The first-order valence-corrected chi connectivity index (χ1v) is 6.74. The first-order valence-electron chi connectivity index (χ1n) is 5.26. The van der Waals surface area contributed by atoms with Crippen LogP contribution in [-0.4, -0.2) is 34.9 Å². The highest BCUT2D eigenvalue weighted by Gasteiger charge is 2.18. The molecule has 8 nitrogen and oxygen atoms in total. The molecule has 2 heterocycles. The smallest absolute Gasteiger partial charge is 0.245 e. The number of nitrogen functional groups attached to an aromatic ring is 1. The molecule has 0 spiro atoms. The highest BCUT2D eigenvalue weighted by Crippen LogP contribution is 2.13. The predicted octanol–water partition coefficient (Wildman–Crippen LogP) is -0.754. The first kappa shape index (κ1) is 12.6. The Kier molecular flexibility index (Phi) is 3.34. The van der Waals surface area contributed by atoms with Crippen LogP contribution in [0, 0.1) is 0 Å². The van der Waals surface area contributed by atoms with Crippen molar-refractivity contribution in [1.82, 2.24) is 24.7 Å². The van der Waals surface area contributed by atoms with E-state index in [1.807, 2.05) is 6.07 Å². The van der Waals surface area contributed by atoms with Gasteiger partial charge in [0.15, 0.2) is 0 Å². The van der Waals surface area contributed by atoms with Gasteiger partial charge in [0.25, 0.3) is 0 Å². The van der Waals surface area contributed by atoms with Crippen LogP contribution in [0.4, 0.5) is 5.82 Å². The van der Waals surface area contributed by atoms with Crippen LogP contribution in [0.1, 0.15) is 5.69 Å². The van der Waals surface area contributed by atoms with Crippen LogP contribution in [0.3, 0.4) is 0 Å². The molecular formula is C9H14N6O2S. The Morgan fingerprint density at radius 3 is 2.89 bits per heavy atom. The van der Waals surface area contributed by atoms with Gasteiger partial charge in [-0.05, 0) is 6.07 Å². The van der Waals surface area contributed by atoms with Crippen LogP contribution in [-0.2, 0) is 23.5 Å². The average molecular weight is 270 g/mol. The molecule has 0 saturated carbocycles. The van der Waals surface area contributed by atoms with Gasteiger partial charge in [0.1, 0.15) is 10.7 Å². The zero-order valence-electron chi connectivity index (χ0n) is 9.79. The van der Waals surface area contributed by atoms with Crippen molar-refractivity contribution in [3.05, 3.63) is 24.2 Å². The van der Waals surface area contributed by atoms with Gasteiger partial charge in [-0.25, -0.2) is 13.1 Å². The second-order valence-corrected chi connectivity index (χ2v) is 5.51. The number of sulfonamides is 1. The zero-order valence-corrected chi connectivity index (χ0v) is 10.6. The lowest BCUT2D eigenvalue weighted by atomic mass is 10.3. The fourth-order valence-electron chi connectivity index (χ4n) is 1.49. The molecule has 0 fully saturated rings. The number of nitrogens with zero attached hydrogens (tertiary/aromatic N) is 3. The summed E-state index contributed by atoms with van der Waals surface area (Å²) in [6, 6.07) is 1.83. The van der Waals surface area contributed by atoms with Gasteiger partial charge in [-0.15, -0.1) is 0 Å². The number of aromatic amines is 1. The number of nitrogens with two attached hydrogens (primary N) is 1. The number of aryl methyl sites for hydroxylation is 1. The van der Waals surface area contributed by atoms with Crippen molar-refractivity contribution in [2.75, 3.05) is 12.3 Å². The fraction of sp³-hybridized carbons (Fsp3) is 0.333. The van der Waals surface area contributed by atoms with Crippen LogP contribution >= 0.6 is 0 Å². The number of nitrogens with one attached hydrogen (secondary N) is 2. The number of anilines is 1. The molecule has 98 valence electrons. The number of aromatic nitrogens is 4. The number of hydrogen-bond donors (Lipinski definition) is 3. The molecule has 0 aliphatic heterocycles. The van der Waals surface area contributed by atoms with Gasteiger partial charge in [-0.1, -0.05) is 0 Å². The standard InChI is InChI=1S/C9H14N6O2S/c1-15-5-3-7(14-15)2-4-12-18(16,17)8-6-11-13-9(8)10/h3,5-6,12H,2,4H2,1H3,(H3,10,11,13). The molecule has 0 saturated heterocycles. The summed E-state index contributed by atoms with van der Waals surface area (Å²) in [5, 5.41) is 10.1. The van der Waals surface area contributed by atoms with Crippen molar-refractivity contribution < 1.29 is 8.42 Å². The van der Waals surface area contributed by atoms with Gasteiger partial charge in [0, 0.05) is 26.2 Å². The lowest BCUT2D eigenvalue weighted by Gasteiger charge is -2.04. The van der Waals surface area contributed by atoms with Gasteiger partial charge >= 0.3 is 0 Å². The molecule has 4 N–H and O–H groups in total. The lowest BCUT2D eigenvalue weighted by molar-refractivity contribution is 0.581. The molecular weight excluding hydrogens is 256 g/mol. The average Bonchev–Trinajstić information content (AvgIpc) is 2.87. The molecule has 2 rings (SSSR count). The molecule has 2 aromatic rings. The molecule has 0 aliphatic carbocycles. The summed E-state index contributed by atoms with van der Waals surface area (Å²) >= 11 is 0. The van der Waals surface area contributed by atoms with E-state index in [9.17, 15) is 8.42 Å². The van der Waals surface area contributed by atoms with E-state index >= 15 is 0 Å². The van der Waals surface area contributed by atoms with E-state index in [-0.39, 0.29) is 17.3 Å². The largest absolute Gasteiger partial charge is 0.383 e. The highest BCUT2D eigenvalue weighted by molar-refractivity contribution is 7.89. The normalized spacial score (nSPS) is 11.8. The Balaban J connectivity index is 1.96. The van der Waals surface area contributed by atoms with Gasteiger partial charge in [0.05, 0.1) is 11.9 Å². The molecule has 0 aromatic carbocycles. The van der Waals surface area contributed by atoms with E-state index in [1.165, 1.54) is 6.20 Å². The number of rotatable bonds is 5. The van der Waals surface area contributed by atoms with E-state index in [4.69, 9.17) is 5.73 Å². The summed E-state index contributed by atoms with van der Waals surface area (Å²) in [6.45, 7) is 0.254. The Labute approximate surface area is 104 Å². The summed E-state index contributed by atoms with van der Waals surface area (Å²) in [7, 11) is -1.81. The third kappa shape index (κ3) is 2.68. The summed E-state index contributed by atoms with van der Waals surface area (Å²) in [6.07, 6.45) is 3.49. The Morgan fingerprint density at radius 1 is 1.56 bits per heavy atom. The van der Waals surface area contributed by atoms with E-state index in [0.29, 0.717) is 6.42 Å². The summed E-state index contributed by atoms with van der Waals surface area (Å²) in [5.41, 5.74) is 6.28. The van der Waals surface area contributed by atoms with E-state index in [0.717, 1.165) is 5.69 Å². The first-order chi connectivity index (χ1) is 8.49. The van der Waals surface area contributed by atoms with Crippen molar-refractivity contribution in [2.24, 2.45) is 7.05 Å². The molecule has 2 aromatic heterocycles. The molecule has 0 aliphatic rings. The Morgan fingerprint density at radius 2 is 2.33 bits per heavy atom. The number of H-pyrrole nitrogens is 1. The van der Waals surface area contributed by atoms with E-state index in [2.05, 4.69) is 20.0 Å². The second kappa shape index (κ2) is 4.78. The van der Waals surface area contributed by atoms with Crippen molar-refractivity contribution in [3.8, 4) is 0 Å². The van der Waals surface area contributed by atoms with Crippen LogP contribution in [0.5, 0.6) is 0 Å². The predicted molar refractivity (Wildman–Crippen MR) is 65.1 cm³/mol. The summed E-state index contributed by atoms with van der Waals surface area (Å²) in [5.74, 6) is 0.0281. The van der Waals surface area contributed by atoms with Crippen LogP contribution in [0.25, 0.3) is 0 Å². The Hall–Kier alpha value is -1.87. The van der Waals surface area contributed by atoms with Crippen LogP contribution in [0.15, 0.2) is 23.4 Å². The molecule has 0 unspecified atom stereocenters. The lowest BCUT2D eigenvalue weighted by Crippen LogP contribution is -2.26. The maximum Gasteiger partial charge on any atom is 0.245 e. The van der Waals surface area contributed by atoms with E-state index < -0.39 is 10.0 Å². The maximum atomic E-state index is 11.8. The van der Waals surface area contributed by atoms with Crippen molar-refractivity contribution in [3.63, 3.8) is 0 Å². The highest BCUT2D eigenvalue weighted by atomic mass is 32.2. The topological polar surface area (TPSA) is 119 Å².